The standard InChI is InChI=1S/C18H22N4O2/c1-12-5-3-4-6-14(12)7-13(2)21-18(24)15-8-17(23)22(11-15)16-9-19-20-10-16/h3-6,9-10,13,15H,7-8,11H2,1-2H3,(H,19,20)(H,21,24). The Morgan fingerprint density at radius 1 is 1.46 bits per heavy atom. The molecule has 1 aliphatic rings. The Morgan fingerprint density at radius 2 is 2.25 bits per heavy atom. The molecule has 2 atom stereocenters. The maximum Gasteiger partial charge on any atom is 0.227 e. The number of nitrogens with zero attached hydrogens (tertiary/aromatic N) is 2. The molecule has 1 aromatic carbocycles. The van der Waals surface area contributed by atoms with Gasteiger partial charge in [0.15, 0.2) is 0 Å². The lowest BCUT2D eigenvalue weighted by Crippen LogP contribution is -2.39. The second-order valence-corrected chi connectivity index (χ2v) is 6.40. The van der Waals surface area contributed by atoms with Crippen LogP contribution in [0.3, 0.4) is 0 Å². The van der Waals surface area contributed by atoms with Crippen molar-refractivity contribution in [1.29, 1.82) is 0 Å². The maximum absolute atomic E-state index is 12.5. The van der Waals surface area contributed by atoms with E-state index in [1.54, 1.807) is 17.3 Å². The first-order chi connectivity index (χ1) is 11.5. The predicted octanol–water partition coefficient (Wildman–Crippen LogP) is 1.82. The number of carbonyl (C=O) groups is 2. The summed E-state index contributed by atoms with van der Waals surface area (Å²) in [5.41, 5.74) is 3.16. The fourth-order valence-electron chi connectivity index (χ4n) is 3.11. The molecule has 2 amide bonds. The smallest absolute Gasteiger partial charge is 0.227 e. The van der Waals surface area contributed by atoms with Crippen LogP contribution in [0.5, 0.6) is 0 Å². The number of amides is 2. The molecular weight excluding hydrogens is 304 g/mol. The van der Waals surface area contributed by atoms with Crippen LogP contribution in [0.1, 0.15) is 24.5 Å². The molecule has 0 radical (unpaired) electrons. The fraction of sp³-hybridized carbons (Fsp3) is 0.389. The maximum atomic E-state index is 12.5. The van der Waals surface area contributed by atoms with Gasteiger partial charge in [-0.15, -0.1) is 0 Å². The molecular formula is C18H22N4O2. The molecule has 24 heavy (non-hydrogen) atoms. The lowest BCUT2D eigenvalue weighted by Gasteiger charge is -2.18. The van der Waals surface area contributed by atoms with Gasteiger partial charge in [-0.2, -0.15) is 5.10 Å². The van der Waals surface area contributed by atoms with Gasteiger partial charge in [-0.05, 0) is 31.4 Å². The quantitative estimate of drug-likeness (QED) is 0.880. The number of nitrogens with one attached hydrogen (secondary N) is 2. The molecule has 1 aromatic heterocycles. The molecule has 6 heteroatoms. The van der Waals surface area contributed by atoms with Crippen molar-refractivity contribution in [3.8, 4) is 0 Å². The first-order valence-electron chi connectivity index (χ1n) is 8.18. The lowest BCUT2D eigenvalue weighted by atomic mass is 10.0. The van der Waals surface area contributed by atoms with Crippen LogP contribution in [0.25, 0.3) is 0 Å². The van der Waals surface area contributed by atoms with Crippen molar-refractivity contribution in [2.24, 2.45) is 5.92 Å². The van der Waals surface area contributed by atoms with Gasteiger partial charge in [-0.1, -0.05) is 24.3 Å². The average Bonchev–Trinajstić information content (AvgIpc) is 3.18. The van der Waals surface area contributed by atoms with Gasteiger partial charge in [0.05, 0.1) is 17.8 Å². The molecule has 2 unspecified atom stereocenters. The van der Waals surface area contributed by atoms with E-state index in [-0.39, 0.29) is 30.2 Å². The summed E-state index contributed by atoms with van der Waals surface area (Å²) in [4.78, 5) is 26.2. The molecule has 0 saturated carbocycles. The highest BCUT2D eigenvalue weighted by atomic mass is 16.2. The second kappa shape index (κ2) is 6.86. The summed E-state index contributed by atoms with van der Waals surface area (Å²) in [6, 6.07) is 8.20. The second-order valence-electron chi connectivity index (χ2n) is 6.40. The van der Waals surface area contributed by atoms with Crippen molar-refractivity contribution >= 4 is 17.5 Å². The summed E-state index contributed by atoms with van der Waals surface area (Å²) in [7, 11) is 0. The molecule has 1 aliphatic heterocycles. The summed E-state index contributed by atoms with van der Waals surface area (Å²) in [6.07, 6.45) is 4.29. The Balaban J connectivity index is 1.57. The van der Waals surface area contributed by atoms with E-state index in [1.165, 1.54) is 11.1 Å². The molecule has 1 saturated heterocycles. The minimum Gasteiger partial charge on any atom is -0.353 e. The summed E-state index contributed by atoms with van der Waals surface area (Å²) in [6.45, 7) is 4.47. The molecule has 1 fully saturated rings. The number of hydrogen-bond acceptors (Lipinski definition) is 3. The lowest BCUT2D eigenvalue weighted by molar-refractivity contribution is -0.126. The van der Waals surface area contributed by atoms with Crippen LogP contribution in [-0.2, 0) is 16.0 Å². The first-order valence-corrected chi connectivity index (χ1v) is 8.18. The van der Waals surface area contributed by atoms with Crippen LogP contribution >= 0.6 is 0 Å². The van der Waals surface area contributed by atoms with E-state index in [1.807, 2.05) is 19.1 Å². The van der Waals surface area contributed by atoms with Gasteiger partial charge in [0.1, 0.15) is 0 Å². The van der Waals surface area contributed by atoms with Crippen molar-refractivity contribution in [3.63, 3.8) is 0 Å². The van der Waals surface area contributed by atoms with E-state index in [0.717, 1.165) is 6.42 Å². The number of carbonyl (C=O) groups excluding carboxylic acids is 2. The van der Waals surface area contributed by atoms with Gasteiger partial charge in [0.2, 0.25) is 11.8 Å². The summed E-state index contributed by atoms with van der Waals surface area (Å²) in [5, 5.41) is 9.59. The van der Waals surface area contributed by atoms with Gasteiger partial charge in [-0.3, -0.25) is 14.7 Å². The van der Waals surface area contributed by atoms with Crippen molar-refractivity contribution < 1.29 is 9.59 Å². The highest BCUT2D eigenvalue weighted by Crippen LogP contribution is 2.24. The zero-order chi connectivity index (χ0) is 17.1. The third kappa shape index (κ3) is 3.48. The summed E-state index contributed by atoms with van der Waals surface area (Å²) in [5.74, 6) is -0.412. The van der Waals surface area contributed by atoms with Crippen molar-refractivity contribution in [2.75, 3.05) is 11.4 Å². The van der Waals surface area contributed by atoms with Gasteiger partial charge in [-0.25, -0.2) is 0 Å². The summed E-state index contributed by atoms with van der Waals surface area (Å²) >= 11 is 0. The monoisotopic (exact) mass is 326 g/mol. The summed E-state index contributed by atoms with van der Waals surface area (Å²) < 4.78 is 0. The predicted molar refractivity (Wildman–Crippen MR) is 91.5 cm³/mol. The number of aryl methyl sites for hydroxylation is 1. The van der Waals surface area contributed by atoms with Crippen LogP contribution in [0.2, 0.25) is 0 Å². The Morgan fingerprint density at radius 3 is 2.96 bits per heavy atom. The van der Waals surface area contributed by atoms with Crippen molar-refractivity contribution in [3.05, 3.63) is 47.8 Å². The molecule has 0 bridgehead atoms. The van der Waals surface area contributed by atoms with Crippen LogP contribution in [0.15, 0.2) is 36.7 Å². The highest BCUT2D eigenvalue weighted by Gasteiger charge is 2.35. The average molecular weight is 326 g/mol. The Bertz CT molecular complexity index is 726. The Hall–Kier alpha value is -2.63. The molecule has 2 N–H and O–H groups in total. The van der Waals surface area contributed by atoms with Gasteiger partial charge >= 0.3 is 0 Å². The molecule has 2 aromatic rings. The van der Waals surface area contributed by atoms with Crippen LogP contribution in [0.4, 0.5) is 5.69 Å². The molecule has 2 heterocycles. The van der Waals surface area contributed by atoms with E-state index in [4.69, 9.17) is 0 Å². The van der Waals surface area contributed by atoms with E-state index >= 15 is 0 Å². The van der Waals surface area contributed by atoms with Gasteiger partial charge < -0.3 is 10.2 Å². The van der Waals surface area contributed by atoms with Crippen LogP contribution in [-0.4, -0.2) is 34.6 Å². The fourth-order valence-corrected chi connectivity index (χ4v) is 3.11. The van der Waals surface area contributed by atoms with Gasteiger partial charge in [0, 0.05) is 25.2 Å². The van der Waals surface area contributed by atoms with E-state index in [9.17, 15) is 9.59 Å². The number of aromatic nitrogens is 2. The number of H-pyrrole nitrogens is 1. The van der Waals surface area contributed by atoms with Gasteiger partial charge in [0.25, 0.3) is 0 Å². The van der Waals surface area contributed by atoms with E-state index in [2.05, 4.69) is 34.6 Å². The Labute approximate surface area is 141 Å². The topological polar surface area (TPSA) is 78.1 Å². The third-order valence-corrected chi connectivity index (χ3v) is 4.47. The van der Waals surface area contributed by atoms with Crippen molar-refractivity contribution in [2.45, 2.75) is 32.7 Å². The van der Waals surface area contributed by atoms with E-state index < -0.39 is 0 Å². The molecule has 0 aliphatic carbocycles. The van der Waals surface area contributed by atoms with Crippen LogP contribution in [0, 0.1) is 12.8 Å². The SMILES string of the molecule is Cc1ccccc1CC(C)NC(=O)C1CC(=O)N(c2cn[nH]c2)C1. The highest BCUT2D eigenvalue weighted by molar-refractivity contribution is 6.00. The normalized spacial score (nSPS) is 18.7. The number of rotatable bonds is 5. The molecule has 0 spiro atoms. The number of aromatic amines is 1. The zero-order valence-corrected chi connectivity index (χ0v) is 14.0. The zero-order valence-electron chi connectivity index (χ0n) is 14.0. The molecule has 6 nitrogen and oxygen atoms in total. The first kappa shape index (κ1) is 16.2. The molecule has 126 valence electrons. The van der Waals surface area contributed by atoms with E-state index in [0.29, 0.717) is 12.2 Å². The van der Waals surface area contributed by atoms with Crippen molar-refractivity contribution in [1.82, 2.24) is 15.5 Å². The van der Waals surface area contributed by atoms with Crippen LogP contribution < -0.4 is 10.2 Å². The molecule has 3 rings (SSSR count). The minimum atomic E-state index is -0.313. The number of benzene rings is 1. The minimum absolute atomic E-state index is 0.0247. The number of anilines is 1. The Kier molecular flexibility index (Phi) is 4.64. The largest absolute Gasteiger partial charge is 0.353 e. The number of hydrogen-bond donors (Lipinski definition) is 2. The third-order valence-electron chi connectivity index (χ3n) is 4.47.